The van der Waals surface area contributed by atoms with E-state index in [9.17, 15) is 23.1 Å². The van der Waals surface area contributed by atoms with E-state index in [1.54, 1.807) is 30.9 Å². The van der Waals surface area contributed by atoms with Gasteiger partial charge in [0.1, 0.15) is 17.8 Å². The number of nitrogens with zero attached hydrogens (tertiary/aromatic N) is 8. The van der Waals surface area contributed by atoms with Gasteiger partial charge in [0.15, 0.2) is 10.8 Å². The molecule has 4 aromatic heterocycles. The maximum atomic E-state index is 13.2. The molecular formula is C25H26F3N9O2S. The lowest BCUT2D eigenvalue weighted by molar-refractivity contribution is -0.172. The molecule has 0 aromatic carbocycles. The molecule has 11 nitrogen and oxygen atoms in total. The zero-order valence-corrected chi connectivity index (χ0v) is 22.4. The Morgan fingerprint density at radius 2 is 2.02 bits per heavy atom. The molecule has 0 spiro atoms. The van der Waals surface area contributed by atoms with Gasteiger partial charge >= 0.3 is 6.18 Å². The number of anilines is 2. The fourth-order valence-corrected chi connectivity index (χ4v) is 5.33. The number of amides is 1. The van der Waals surface area contributed by atoms with Gasteiger partial charge in [0.2, 0.25) is 0 Å². The number of aromatic nitrogens is 7. The first-order chi connectivity index (χ1) is 19.0. The zero-order valence-electron chi connectivity index (χ0n) is 21.6. The van der Waals surface area contributed by atoms with Crippen LogP contribution in [0, 0.1) is 5.92 Å². The number of halogens is 3. The molecular weight excluding hydrogens is 547 g/mol. The number of carbonyl (C=O) groups is 1. The van der Waals surface area contributed by atoms with E-state index in [2.05, 4.69) is 30.5 Å². The van der Waals surface area contributed by atoms with Crippen LogP contribution in [0.5, 0.6) is 0 Å². The van der Waals surface area contributed by atoms with Gasteiger partial charge in [-0.25, -0.2) is 15.0 Å². The summed E-state index contributed by atoms with van der Waals surface area (Å²) in [4.78, 5) is 28.4. The van der Waals surface area contributed by atoms with E-state index >= 15 is 0 Å². The topological polar surface area (TPSA) is 127 Å². The van der Waals surface area contributed by atoms with Crippen LogP contribution in [0.3, 0.4) is 0 Å². The Bertz CT molecular complexity index is 1550. The molecule has 1 amide bonds. The third-order valence-corrected chi connectivity index (χ3v) is 7.79. The molecule has 1 saturated carbocycles. The zero-order chi connectivity index (χ0) is 28.2. The molecule has 6 rings (SSSR count). The van der Waals surface area contributed by atoms with Crippen LogP contribution in [0.15, 0.2) is 36.5 Å². The highest BCUT2D eigenvalue weighted by Gasteiger charge is 2.38. The van der Waals surface area contributed by atoms with Crippen LogP contribution in [-0.4, -0.2) is 70.2 Å². The van der Waals surface area contributed by atoms with Crippen molar-refractivity contribution in [1.29, 1.82) is 0 Å². The number of alkyl halides is 3. The summed E-state index contributed by atoms with van der Waals surface area (Å²) in [6.07, 6.45) is 4.37. The molecule has 2 aliphatic rings. The van der Waals surface area contributed by atoms with E-state index in [0.717, 1.165) is 42.5 Å². The number of hydrogen-bond donors (Lipinski definition) is 2. The highest BCUT2D eigenvalue weighted by atomic mass is 32.1. The summed E-state index contributed by atoms with van der Waals surface area (Å²) >= 11 is 1.13. The van der Waals surface area contributed by atoms with Crippen LogP contribution < -0.4 is 10.2 Å². The third-order valence-electron chi connectivity index (χ3n) is 6.96. The van der Waals surface area contributed by atoms with E-state index in [-0.39, 0.29) is 23.9 Å². The number of hydrogen-bond acceptors (Lipinski definition) is 9. The van der Waals surface area contributed by atoms with Crippen molar-refractivity contribution >= 4 is 28.7 Å². The Morgan fingerprint density at radius 3 is 2.73 bits per heavy atom. The van der Waals surface area contributed by atoms with Crippen molar-refractivity contribution in [2.45, 2.75) is 50.9 Å². The Balaban J connectivity index is 1.22. The van der Waals surface area contributed by atoms with Crippen molar-refractivity contribution in [3.63, 3.8) is 0 Å². The minimum atomic E-state index is -4.35. The molecule has 40 heavy (non-hydrogen) atoms. The fraction of sp³-hybridized carbons (Fsp3) is 0.440. The molecule has 15 heteroatoms. The van der Waals surface area contributed by atoms with Crippen molar-refractivity contribution in [1.82, 2.24) is 34.3 Å². The molecule has 1 atom stereocenters. The summed E-state index contributed by atoms with van der Waals surface area (Å²) in [5.41, 5.74) is 1.83. The van der Waals surface area contributed by atoms with Gasteiger partial charge in [-0.15, -0.1) is 21.5 Å². The summed E-state index contributed by atoms with van der Waals surface area (Å²) in [6.45, 7) is 3.37. The second-order valence-corrected chi connectivity index (χ2v) is 11.5. The summed E-state index contributed by atoms with van der Waals surface area (Å²) in [5.74, 6) is -1.24. The van der Waals surface area contributed by atoms with Crippen molar-refractivity contribution in [3.05, 3.63) is 47.9 Å². The number of nitrogens with one attached hydrogen (secondary N) is 1. The maximum absolute atomic E-state index is 13.2. The average Bonchev–Trinajstić information content (AvgIpc) is 3.25. The summed E-state index contributed by atoms with van der Waals surface area (Å²) in [7, 11) is 0. The Morgan fingerprint density at radius 1 is 1.25 bits per heavy atom. The second-order valence-electron chi connectivity index (χ2n) is 10.6. The SMILES string of the molecule is C[C@H](Cn1cnnc1-c1nc(NC(=O)c2cc(-n3cnc(C4CC4)c3)c(N3CC(C)(O)C3)cn2)cs1)C(F)(F)F. The normalized spacial score (nSPS) is 17.5. The number of rotatable bonds is 8. The van der Waals surface area contributed by atoms with Gasteiger partial charge in [0, 0.05) is 37.1 Å². The molecule has 2 N–H and O–H groups in total. The minimum absolute atomic E-state index is 0.143. The summed E-state index contributed by atoms with van der Waals surface area (Å²) in [5, 5.41) is 22.5. The van der Waals surface area contributed by atoms with Gasteiger partial charge in [0.25, 0.3) is 5.91 Å². The van der Waals surface area contributed by atoms with Gasteiger partial charge < -0.3 is 24.5 Å². The molecule has 1 aliphatic heterocycles. The number of β-amino-alcohol motifs (C(OH)–C–C–N with tert-alkyl or cyclic N) is 1. The number of pyridine rings is 1. The Kier molecular flexibility index (Phi) is 6.37. The molecule has 2 fully saturated rings. The number of aliphatic hydroxyl groups is 1. The number of thiazole rings is 1. The second kappa shape index (κ2) is 9.66. The predicted octanol–water partition coefficient (Wildman–Crippen LogP) is 3.88. The third kappa shape index (κ3) is 5.30. The van der Waals surface area contributed by atoms with Crippen LogP contribution in [0.4, 0.5) is 24.7 Å². The van der Waals surface area contributed by atoms with Crippen molar-refractivity contribution < 1.29 is 23.1 Å². The Hall–Kier alpha value is -3.85. The van der Waals surface area contributed by atoms with Gasteiger partial charge in [-0.2, -0.15) is 13.2 Å². The first-order valence-electron chi connectivity index (χ1n) is 12.7. The van der Waals surface area contributed by atoms with Gasteiger partial charge in [-0.3, -0.25) is 4.79 Å². The lowest BCUT2D eigenvalue weighted by atomic mass is 9.96. The summed E-state index contributed by atoms with van der Waals surface area (Å²) in [6, 6.07) is 1.67. The quantitative estimate of drug-likeness (QED) is 0.325. The standard InChI is InChI=1S/C25H26F3N9O2S/c1-14(25(26,27)28)7-36-13-31-34-21(36)23-33-20(9-40-23)32-22(38)16-5-18(35-8-17(30-12-35)15-3-4-15)19(6-29-16)37-10-24(2,39)11-37/h5-6,8-9,12-15,39H,3-4,7,10-11H2,1-2H3,(H,32,38)/t14-/m1/s1. The minimum Gasteiger partial charge on any atom is -0.386 e. The van der Waals surface area contributed by atoms with Crippen LogP contribution in [0.25, 0.3) is 16.5 Å². The van der Waals surface area contributed by atoms with Crippen LogP contribution >= 0.6 is 11.3 Å². The van der Waals surface area contributed by atoms with Gasteiger partial charge in [0.05, 0.1) is 41.1 Å². The molecule has 0 radical (unpaired) electrons. The van der Waals surface area contributed by atoms with Crippen molar-refractivity contribution in [2.24, 2.45) is 5.92 Å². The highest BCUT2D eigenvalue weighted by molar-refractivity contribution is 7.13. The lowest BCUT2D eigenvalue weighted by Gasteiger charge is -2.46. The summed E-state index contributed by atoms with van der Waals surface area (Å²) < 4.78 is 42.3. The van der Waals surface area contributed by atoms with E-state index in [4.69, 9.17) is 0 Å². The largest absolute Gasteiger partial charge is 0.393 e. The van der Waals surface area contributed by atoms with Crippen LogP contribution in [0.2, 0.25) is 0 Å². The first-order valence-corrected chi connectivity index (χ1v) is 13.6. The molecule has 4 aromatic rings. The van der Waals surface area contributed by atoms with Crippen molar-refractivity contribution in [2.75, 3.05) is 23.3 Å². The van der Waals surface area contributed by atoms with E-state index < -0.39 is 23.6 Å². The smallest absolute Gasteiger partial charge is 0.386 e. The maximum Gasteiger partial charge on any atom is 0.393 e. The van der Waals surface area contributed by atoms with E-state index in [1.807, 2.05) is 15.7 Å². The lowest BCUT2D eigenvalue weighted by Crippen LogP contribution is -2.60. The van der Waals surface area contributed by atoms with Gasteiger partial charge in [-0.1, -0.05) is 6.92 Å². The fourth-order valence-electron chi connectivity index (χ4n) is 4.59. The molecule has 0 bridgehead atoms. The average molecular weight is 574 g/mol. The molecule has 210 valence electrons. The van der Waals surface area contributed by atoms with Gasteiger partial charge in [-0.05, 0) is 25.8 Å². The predicted molar refractivity (Wildman–Crippen MR) is 140 cm³/mol. The van der Waals surface area contributed by atoms with Crippen molar-refractivity contribution in [3.8, 4) is 16.5 Å². The number of carbonyl (C=O) groups excluding carboxylic acids is 1. The monoisotopic (exact) mass is 573 g/mol. The molecule has 5 heterocycles. The van der Waals surface area contributed by atoms with Crippen LogP contribution in [0.1, 0.15) is 48.8 Å². The van der Waals surface area contributed by atoms with E-state index in [1.165, 1.54) is 10.9 Å². The molecule has 1 saturated heterocycles. The molecule has 1 aliphatic carbocycles. The Labute approximate surface area is 230 Å². The molecule has 0 unspecified atom stereocenters. The first kappa shape index (κ1) is 26.4. The van der Waals surface area contributed by atoms with E-state index in [0.29, 0.717) is 29.7 Å². The van der Waals surface area contributed by atoms with Crippen LogP contribution in [-0.2, 0) is 6.54 Å². The highest BCUT2D eigenvalue weighted by Crippen LogP contribution is 2.40. The number of imidazole rings is 1.